The van der Waals surface area contributed by atoms with Gasteiger partial charge in [0.15, 0.2) is 0 Å². The summed E-state index contributed by atoms with van der Waals surface area (Å²) in [5.74, 6) is 5.99. The zero-order chi connectivity index (χ0) is 13.5. The van der Waals surface area contributed by atoms with Crippen LogP contribution in [0.4, 0.5) is 11.9 Å². The van der Waals surface area contributed by atoms with Gasteiger partial charge in [0.1, 0.15) is 0 Å². The molecule has 0 saturated carbocycles. The lowest BCUT2D eigenvalue weighted by Crippen LogP contribution is -2.22. The number of ether oxygens (including phenoxy) is 2. The lowest BCUT2D eigenvalue weighted by atomic mass is 10.1. The van der Waals surface area contributed by atoms with Crippen molar-refractivity contribution < 1.29 is 9.47 Å². The van der Waals surface area contributed by atoms with Crippen molar-refractivity contribution in [3.8, 4) is 6.01 Å². The van der Waals surface area contributed by atoms with Gasteiger partial charge in [-0.3, -0.25) is 5.43 Å². The highest BCUT2D eigenvalue weighted by Crippen LogP contribution is 2.16. The summed E-state index contributed by atoms with van der Waals surface area (Å²) < 4.78 is 10.6. The van der Waals surface area contributed by atoms with Gasteiger partial charge in [0, 0.05) is 13.2 Å². The average Bonchev–Trinajstić information content (AvgIpc) is 2.48. The summed E-state index contributed by atoms with van der Waals surface area (Å²) in [4.78, 5) is 12.1. The van der Waals surface area contributed by atoms with Gasteiger partial charge in [-0.1, -0.05) is 0 Å². The van der Waals surface area contributed by atoms with Crippen molar-refractivity contribution in [2.75, 3.05) is 31.0 Å². The summed E-state index contributed by atoms with van der Waals surface area (Å²) in [5, 5.41) is 3.12. The maximum Gasteiger partial charge on any atom is 0.322 e. The molecule has 0 radical (unpaired) electrons. The highest BCUT2D eigenvalue weighted by molar-refractivity contribution is 5.34. The summed E-state index contributed by atoms with van der Waals surface area (Å²) >= 11 is 0. The second-order valence-electron chi connectivity index (χ2n) is 4.32. The van der Waals surface area contributed by atoms with Crippen molar-refractivity contribution in [3.05, 3.63) is 0 Å². The quantitative estimate of drug-likeness (QED) is 0.507. The van der Waals surface area contributed by atoms with Crippen molar-refractivity contribution in [3.63, 3.8) is 0 Å². The third-order valence-electron chi connectivity index (χ3n) is 2.95. The van der Waals surface area contributed by atoms with Gasteiger partial charge in [-0.2, -0.15) is 15.0 Å². The molecule has 0 aromatic carbocycles. The van der Waals surface area contributed by atoms with E-state index < -0.39 is 0 Å². The number of aromatic nitrogens is 3. The topological polar surface area (TPSA) is 107 Å². The predicted molar refractivity (Wildman–Crippen MR) is 70.9 cm³/mol. The first-order valence-electron chi connectivity index (χ1n) is 6.44. The van der Waals surface area contributed by atoms with Crippen LogP contribution >= 0.6 is 0 Å². The summed E-state index contributed by atoms with van der Waals surface area (Å²) in [6.45, 7) is 1.60. The maximum absolute atomic E-state index is 5.66. The van der Waals surface area contributed by atoms with Crippen LogP contribution in [-0.2, 0) is 4.74 Å². The molecule has 1 aromatic rings. The molecule has 1 aromatic heterocycles. The summed E-state index contributed by atoms with van der Waals surface area (Å²) in [6, 6.07) is 0.222. The van der Waals surface area contributed by atoms with Crippen LogP contribution in [0.25, 0.3) is 0 Å². The van der Waals surface area contributed by atoms with Gasteiger partial charge < -0.3 is 14.8 Å². The van der Waals surface area contributed by atoms with Crippen molar-refractivity contribution in [2.24, 2.45) is 5.84 Å². The Morgan fingerprint density at radius 2 is 2.16 bits per heavy atom. The smallest absolute Gasteiger partial charge is 0.322 e. The van der Waals surface area contributed by atoms with E-state index in [4.69, 9.17) is 15.3 Å². The van der Waals surface area contributed by atoms with Gasteiger partial charge in [-0.15, -0.1) is 0 Å². The number of methoxy groups -OCH3 is 1. The molecule has 0 aliphatic carbocycles. The molecule has 4 N–H and O–H groups in total. The van der Waals surface area contributed by atoms with Crippen LogP contribution < -0.4 is 21.3 Å². The second kappa shape index (κ2) is 7.05. The predicted octanol–water partition coefficient (Wildman–Crippen LogP) is 0.537. The SMILES string of the molecule is COc1nc(NN)nc(NCCC2CCCCO2)n1. The highest BCUT2D eigenvalue weighted by Gasteiger charge is 2.13. The molecule has 1 aliphatic heterocycles. The summed E-state index contributed by atoms with van der Waals surface area (Å²) in [7, 11) is 1.50. The van der Waals surface area contributed by atoms with Crippen molar-refractivity contribution in [2.45, 2.75) is 31.8 Å². The number of nitrogens with one attached hydrogen (secondary N) is 2. The van der Waals surface area contributed by atoms with E-state index in [0.29, 0.717) is 12.1 Å². The minimum absolute atomic E-state index is 0.222. The third kappa shape index (κ3) is 4.18. The first-order chi connectivity index (χ1) is 9.31. The van der Waals surface area contributed by atoms with Crippen LogP contribution in [0.5, 0.6) is 6.01 Å². The fourth-order valence-electron chi connectivity index (χ4n) is 1.97. The second-order valence-corrected chi connectivity index (χ2v) is 4.32. The number of nitrogens with zero attached hydrogens (tertiary/aromatic N) is 3. The highest BCUT2D eigenvalue weighted by atomic mass is 16.5. The third-order valence-corrected chi connectivity index (χ3v) is 2.95. The number of hydrogen-bond acceptors (Lipinski definition) is 8. The molecule has 8 nitrogen and oxygen atoms in total. The maximum atomic E-state index is 5.66. The first kappa shape index (κ1) is 13.8. The zero-order valence-corrected chi connectivity index (χ0v) is 11.1. The van der Waals surface area contributed by atoms with Crippen LogP contribution in [0.1, 0.15) is 25.7 Å². The Labute approximate surface area is 112 Å². The van der Waals surface area contributed by atoms with Gasteiger partial charge in [0.25, 0.3) is 0 Å². The van der Waals surface area contributed by atoms with E-state index in [-0.39, 0.29) is 12.0 Å². The van der Waals surface area contributed by atoms with Crippen LogP contribution in [0.15, 0.2) is 0 Å². The largest absolute Gasteiger partial charge is 0.467 e. The number of anilines is 2. The van der Waals surface area contributed by atoms with Crippen LogP contribution in [0, 0.1) is 0 Å². The molecule has 0 amide bonds. The first-order valence-corrected chi connectivity index (χ1v) is 6.44. The van der Waals surface area contributed by atoms with E-state index in [1.54, 1.807) is 0 Å². The Kier molecular flexibility index (Phi) is 5.10. The van der Waals surface area contributed by atoms with Crippen LogP contribution in [0.3, 0.4) is 0 Å². The van der Waals surface area contributed by atoms with Crippen molar-refractivity contribution in [1.29, 1.82) is 0 Å². The monoisotopic (exact) mass is 268 g/mol. The molecular formula is C11H20N6O2. The molecule has 0 spiro atoms. The van der Waals surface area contributed by atoms with Gasteiger partial charge >= 0.3 is 6.01 Å². The molecule has 1 aliphatic rings. The molecule has 8 heteroatoms. The number of nitrogen functional groups attached to an aromatic ring is 1. The lowest BCUT2D eigenvalue weighted by molar-refractivity contribution is 0.0134. The number of hydrogen-bond donors (Lipinski definition) is 3. The normalized spacial score (nSPS) is 18.9. The molecule has 2 rings (SSSR count). The Hall–Kier alpha value is -1.67. The van der Waals surface area contributed by atoms with E-state index >= 15 is 0 Å². The summed E-state index contributed by atoms with van der Waals surface area (Å²) in [5.41, 5.74) is 2.37. The molecule has 19 heavy (non-hydrogen) atoms. The molecule has 0 bridgehead atoms. The zero-order valence-electron chi connectivity index (χ0n) is 11.1. The van der Waals surface area contributed by atoms with Gasteiger partial charge in [-0.05, 0) is 25.7 Å². The van der Waals surface area contributed by atoms with Crippen LogP contribution in [0.2, 0.25) is 0 Å². The van der Waals surface area contributed by atoms with E-state index in [0.717, 1.165) is 26.0 Å². The molecule has 1 saturated heterocycles. The lowest BCUT2D eigenvalue weighted by Gasteiger charge is -2.22. The summed E-state index contributed by atoms with van der Waals surface area (Å²) in [6.07, 6.45) is 4.79. The molecule has 1 atom stereocenters. The Bertz CT molecular complexity index is 375. The van der Waals surface area contributed by atoms with Crippen molar-refractivity contribution >= 4 is 11.9 Å². The van der Waals surface area contributed by atoms with Crippen molar-refractivity contribution in [1.82, 2.24) is 15.0 Å². The number of nitrogens with two attached hydrogens (primary N) is 1. The van der Waals surface area contributed by atoms with E-state index in [1.165, 1.54) is 20.0 Å². The van der Waals surface area contributed by atoms with E-state index in [9.17, 15) is 0 Å². The van der Waals surface area contributed by atoms with Gasteiger partial charge in [0.2, 0.25) is 11.9 Å². The van der Waals surface area contributed by atoms with E-state index in [1.807, 2.05) is 0 Å². The minimum Gasteiger partial charge on any atom is -0.467 e. The molecule has 1 fully saturated rings. The standard InChI is InChI=1S/C11H20N6O2/c1-18-11-15-9(14-10(16-11)17-12)13-6-5-8-4-2-3-7-19-8/h8H,2-7,12H2,1H3,(H2,13,14,15,16,17). The number of hydrazine groups is 1. The Balaban J connectivity index is 1.84. The molecule has 106 valence electrons. The fraction of sp³-hybridized carbons (Fsp3) is 0.727. The number of rotatable bonds is 6. The Morgan fingerprint density at radius 3 is 2.84 bits per heavy atom. The fourth-order valence-corrected chi connectivity index (χ4v) is 1.97. The molecule has 1 unspecified atom stereocenters. The molecule has 2 heterocycles. The van der Waals surface area contributed by atoms with Crippen LogP contribution in [-0.4, -0.2) is 41.3 Å². The average molecular weight is 268 g/mol. The minimum atomic E-state index is 0.222. The molecular weight excluding hydrogens is 248 g/mol. The van der Waals surface area contributed by atoms with Gasteiger partial charge in [-0.25, -0.2) is 5.84 Å². The Morgan fingerprint density at radius 1 is 1.32 bits per heavy atom. The van der Waals surface area contributed by atoms with Gasteiger partial charge in [0.05, 0.1) is 13.2 Å². The van der Waals surface area contributed by atoms with E-state index in [2.05, 4.69) is 25.7 Å².